The van der Waals surface area contributed by atoms with Crippen molar-refractivity contribution in [1.82, 2.24) is 10.2 Å². The van der Waals surface area contributed by atoms with Crippen molar-refractivity contribution in [2.75, 3.05) is 45.7 Å². The second-order valence-electron chi connectivity index (χ2n) is 4.32. The van der Waals surface area contributed by atoms with Crippen molar-refractivity contribution in [2.24, 2.45) is 0 Å². The van der Waals surface area contributed by atoms with E-state index >= 15 is 0 Å². The van der Waals surface area contributed by atoms with Crippen LogP contribution in [-0.2, 0) is 4.79 Å². The Morgan fingerprint density at radius 3 is 2.79 bits per heavy atom. The SMILES string of the molecule is CCOc1ccccc1NC(=O)CN(C)CCNC. The molecule has 0 fully saturated rings. The lowest BCUT2D eigenvalue weighted by atomic mass is 10.3. The standard InChI is InChI=1S/C14H23N3O2/c1-4-19-13-8-6-5-7-12(13)16-14(18)11-17(3)10-9-15-2/h5-8,15H,4,9-11H2,1-3H3,(H,16,18). The summed E-state index contributed by atoms with van der Waals surface area (Å²) in [6, 6.07) is 7.46. The molecule has 1 amide bonds. The number of carbonyl (C=O) groups is 1. The third-order valence-corrected chi connectivity index (χ3v) is 2.62. The van der Waals surface area contributed by atoms with Crippen molar-refractivity contribution in [3.63, 3.8) is 0 Å². The minimum Gasteiger partial charge on any atom is -0.492 e. The molecule has 1 aromatic rings. The van der Waals surface area contributed by atoms with Crippen LogP contribution >= 0.6 is 0 Å². The summed E-state index contributed by atoms with van der Waals surface area (Å²) in [4.78, 5) is 13.9. The molecule has 0 aliphatic carbocycles. The van der Waals surface area contributed by atoms with E-state index in [0.29, 0.717) is 18.9 Å². The highest BCUT2D eigenvalue weighted by Gasteiger charge is 2.09. The molecule has 2 N–H and O–H groups in total. The summed E-state index contributed by atoms with van der Waals surface area (Å²) < 4.78 is 5.47. The van der Waals surface area contributed by atoms with E-state index < -0.39 is 0 Å². The smallest absolute Gasteiger partial charge is 0.238 e. The highest BCUT2D eigenvalue weighted by atomic mass is 16.5. The first-order valence-electron chi connectivity index (χ1n) is 6.52. The Morgan fingerprint density at radius 1 is 1.37 bits per heavy atom. The van der Waals surface area contributed by atoms with Gasteiger partial charge in [-0.15, -0.1) is 0 Å². The highest BCUT2D eigenvalue weighted by Crippen LogP contribution is 2.23. The van der Waals surface area contributed by atoms with Gasteiger partial charge in [0.1, 0.15) is 5.75 Å². The van der Waals surface area contributed by atoms with Gasteiger partial charge < -0.3 is 15.4 Å². The average molecular weight is 265 g/mol. The molecule has 106 valence electrons. The highest BCUT2D eigenvalue weighted by molar-refractivity contribution is 5.93. The minimum absolute atomic E-state index is 0.0363. The lowest BCUT2D eigenvalue weighted by Crippen LogP contribution is -2.34. The predicted molar refractivity (Wildman–Crippen MR) is 77.7 cm³/mol. The molecule has 1 rings (SSSR count). The number of rotatable bonds is 8. The molecule has 0 spiro atoms. The summed E-state index contributed by atoms with van der Waals surface area (Å²) in [6.07, 6.45) is 0. The molecule has 19 heavy (non-hydrogen) atoms. The van der Waals surface area contributed by atoms with E-state index in [1.54, 1.807) is 0 Å². The maximum Gasteiger partial charge on any atom is 0.238 e. The summed E-state index contributed by atoms with van der Waals surface area (Å²) in [6.45, 7) is 4.55. The van der Waals surface area contributed by atoms with Crippen molar-refractivity contribution in [2.45, 2.75) is 6.92 Å². The van der Waals surface area contributed by atoms with Gasteiger partial charge in [-0.1, -0.05) is 12.1 Å². The first-order valence-corrected chi connectivity index (χ1v) is 6.52. The molecule has 0 saturated carbocycles. The molecule has 0 unspecified atom stereocenters. The van der Waals surface area contributed by atoms with Crippen LogP contribution in [0.2, 0.25) is 0 Å². The number of nitrogens with zero attached hydrogens (tertiary/aromatic N) is 1. The van der Waals surface area contributed by atoms with Gasteiger partial charge in [-0.05, 0) is 33.2 Å². The van der Waals surface area contributed by atoms with Gasteiger partial charge in [0.25, 0.3) is 0 Å². The normalized spacial score (nSPS) is 10.5. The number of hydrogen-bond acceptors (Lipinski definition) is 4. The maximum absolute atomic E-state index is 11.9. The van der Waals surface area contributed by atoms with Gasteiger partial charge in [0, 0.05) is 13.1 Å². The van der Waals surface area contributed by atoms with Gasteiger partial charge >= 0.3 is 0 Å². The maximum atomic E-state index is 11.9. The molecule has 0 bridgehead atoms. The third-order valence-electron chi connectivity index (χ3n) is 2.62. The number of amides is 1. The number of hydrogen-bond donors (Lipinski definition) is 2. The Labute approximate surface area is 114 Å². The van der Waals surface area contributed by atoms with E-state index in [0.717, 1.165) is 18.8 Å². The zero-order valence-electron chi connectivity index (χ0n) is 11.9. The zero-order valence-corrected chi connectivity index (χ0v) is 11.9. The van der Waals surface area contributed by atoms with Gasteiger partial charge in [0.05, 0.1) is 18.8 Å². The van der Waals surface area contributed by atoms with Gasteiger partial charge in [-0.25, -0.2) is 0 Å². The quantitative estimate of drug-likeness (QED) is 0.741. The van der Waals surface area contributed by atoms with Crippen LogP contribution in [0.3, 0.4) is 0 Å². The molecular formula is C14H23N3O2. The predicted octanol–water partition coefficient (Wildman–Crippen LogP) is 1.17. The second-order valence-corrected chi connectivity index (χ2v) is 4.32. The van der Waals surface area contributed by atoms with E-state index in [9.17, 15) is 4.79 Å². The van der Waals surface area contributed by atoms with Crippen LogP contribution in [0, 0.1) is 0 Å². The number of ether oxygens (including phenoxy) is 1. The van der Waals surface area contributed by atoms with Crippen LogP contribution < -0.4 is 15.4 Å². The van der Waals surface area contributed by atoms with Crippen molar-refractivity contribution in [3.05, 3.63) is 24.3 Å². The van der Waals surface area contributed by atoms with Crippen LogP contribution in [0.25, 0.3) is 0 Å². The van der Waals surface area contributed by atoms with E-state index in [2.05, 4.69) is 10.6 Å². The monoisotopic (exact) mass is 265 g/mol. The molecule has 0 radical (unpaired) electrons. The number of anilines is 1. The van der Waals surface area contributed by atoms with Gasteiger partial charge in [0.15, 0.2) is 0 Å². The Bertz CT molecular complexity index is 396. The van der Waals surface area contributed by atoms with Crippen LogP contribution in [0.15, 0.2) is 24.3 Å². The Morgan fingerprint density at radius 2 is 2.11 bits per heavy atom. The van der Waals surface area contributed by atoms with Gasteiger partial charge in [-0.2, -0.15) is 0 Å². The first kappa shape index (κ1) is 15.5. The molecule has 0 aliphatic heterocycles. The molecule has 0 atom stereocenters. The Kier molecular flexibility index (Phi) is 6.92. The molecule has 1 aromatic carbocycles. The Hall–Kier alpha value is -1.59. The minimum atomic E-state index is -0.0363. The number of para-hydroxylation sites is 2. The van der Waals surface area contributed by atoms with Gasteiger partial charge in [0.2, 0.25) is 5.91 Å². The number of likely N-dealkylation sites (N-methyl/N-ethyl adjacent to an activating group) is 2. The van der Waals surface area contributed by atoms with Crippen LogP contribution in [-0.4, -0.2) is 51.1 Å². The fourth-order valence-electron chi connectivity index (χ4n) is 1.67. The second kappa shape index (κ2) is 8.50. The van der Waals surface area contributed by atoms with Crippen molar-refractivity contribution in [3.8, 4) is 5.75 Å². The van der Waals surface area contributed by atoms with Crippen LogP contribution in [0.1, 0.15) is 6.92 Å². The first-order chi connectivity index (χ1) is 9.17. The van der Waals surface area contributed by atoms with E-state index in [4.69, 9.17) is 4.74 Å². The van der Waals surface area contributed by atoms with Crippen molar-refractivity contribution in [1.29, 1.82) is 0 Å². The molecule has 5 heteroatoms. The number of benzene rings is 1. The van der Waals surface area contributed by atoms with Crippen molar-refractivity contribution < 1.29 is 9.53 Å². The summed E-state index contributed by atoms with van der Waals surface area (Å²) in [5.74, 6) is 0.669. The summed E-state index contributed by atoms with van der Waals surface area (Å²) >= 11 is 0. The fourth-order valence-corrected chi connectivity index (χ4v) is 1.67. The molecule has 5 nitrogen and oxygen atoms in total. The number of nitrogens with one attached hydrogen (secondary N) is 2. The lowest BCUT2D eigenvalue weighted by molar-refractivity contribution is -0.117. The van der Waals surface area contributed by atoms with Crippen LogP contribution in [0.5, 0.6) is 5.75 Å². The third kappa shape index (κ3) is 5.72. The zero-order chi connectivity index (χ0) is 14.1. The molecule has 0 aromatic heterocycles. The molecular weight excluding hydrogens is 242 g/mol. The summed E-state index contributed by atoms with van der Waals surface area (Å²) in [5.41, 5.74) is 0.719. The lowest BCUT2D eigenvalue weighted by Gasteiger charge is -2.17. The van der Waals surface area contributed by atoms with E-state index in [-0.39, 0.29) is 5.91 Å². The van der Waals surface area contributed by atoms with E-state index in [1.165, 1.54) is 0 Å². The summed E-state index contributed by atoms with van der Waals surface area (Å²) in [5, 5.41) is 5.93. The van der Waals surface area contributed by atoms with Crippen LogP contribution in [0.4, 0.5) is 5.69 Å². The summed E-state index contributed by atoms with van der Waals surface area (Å²) in [7, 11) is 3.82. The number of carbonyl (C=O) groups excluding carboxylic acids is 1. The fraction of sp³-hybridized carbons (Fsp3) is 0.500. The largest absolute Gasteiger partial charge is 0.492 e. The van der Waals surface area contributed by atoms with Gasteiger partial charge in [-0.3, -0.25) is 9.69 Å². The van der Waals surface area contributed by atoms with Crippen molar-refractivity contribution >= 4 is 11.6 Å². The topological polar surface area (TPSA) is 53.6 Å². The average Bonchev–Trinajstić information content (AvgIpc) is 2.39. The molecule has 0 saturated heterocycles. The van der Waals surface area contributed by atoms with E-state index in [1.807, 2.05) is 50.2 Å². The molecule has 0 aliphatic rings. The Balaban J connectivity index is 2.52. The molecule has 0 heterocycles.